The molecule has 0 radical (unpaired) electrons. The number of H-pyrrole nitrogens is 1. The van der Waals surface area contributed by atoms with Gasteiger partial charge in [-0.05, 0) is 31.0 Å². The van der Waals surface area contributed by atoms with E-state index in [-0.39, 0.29) is 6.61 Å². The van der Waals surface area contributed by atoms with E-state index >= 15 is 0 Å². The number of benzene rings is 1. The lowest BCUT2D eigenvalue weighted by molar-refractivity contribution is 0.297. The van der Waals surface area contributed by atoms with Crippen LogP contribution in [0.25, 0.3) is 11.3 Å². The summed E-state index contributed by atoms with van der Waals surface area (Å²) in [5, 5.41) is 9.39. The Kier molecular flexibility index (Phi) is 3.50. The van der Waals surface area contributed by atoms with Crippen molar-refractivity contribution in [1.29, 1.82) is 0 Å². The SMILES string of the molecule is Cc1ccc(-c2nc(CCO)[nH]c2Cl)cc1C. The molecule has 0 spiro atoms. The van der Waals surface area contributed by atoms with Crippen LogP contribution in [-0.2, 0) is 6.42 Å². The van der Waals surface area contributed by atoms with Crippen LogP contribution in [0.15, 0.2) is 18.2 Å². The number of hydrogen-bond donors (Lipinski definition) is 2. The van der Waals surface area contributed by atoms with Crippen LogP contribution in [-0.4, -0.2) is 21.7 Å². The van der Waals surface area contributed by atoms with Crippen molar-refractivity contribution < 1.29 is 5.11 Å². The van der Waals surface area contributed by atoms with Gasteiger partial charge in [0.05, 0.1) is 6.61 Å². The fraction of sp³-hybridized carbons (Fsp3) is 0.308. The summed E-state index contributed by atoms with van der Waals surface area (Å²) in [6.07, 6.45) is 0.491. The highest BCUT2D eigenvalue weighted by Crippen LogP contribution is 2.27. The lowest BCUT2D eigenvalue weighted by Gasteiger charge is -2.02. The fourth-order valence-electron chi connectivity index (χ4n) is 1.70. The van der Waals surface area contributed by atoms with Crippen LogP contribution < -0.4 is 0 Å². The van der Waals surface area contributed by atoms with Gasteiger partial charge in [0.25, 0.3) is 0 Å². The minimum Gasteiger partial charge on any atom is -0.396 e. The Morgan fingerprint density at radius 3 is 2.71 bits per heavy atom. The Bertz CT molecular complexity index is 534. The second-order valence-electron chi connectivity index (χ2n) is 4.12. The summed E-state index contributed by atoms with van der Waals surface area (Å²) >= 11 is 6.11. The number of aliphatic hydroxyl groups is 1. The van der Waals surface area contributed by atoms with Crippen LogP contribution >= 0.6 is 11.6 Å². The summed E-state index contributed by atoms with van der Waals surface area (Å²) < 4.78 is 0. The Labute approximate surface area is 105 Å². The van der Waals surface area contributed by atoms with Crippen LogP contribution in [0, 0.1) is 13.8 Å². The van der Waals surface area contributed by atoms with Gasteiger partial charge in [0, 0.05) is 12.0 Å². The Hall–Kier alpha value is -1.32. The highest BCUT2D eigenvalue weighted by molar-refractivity contribution is 6.31. The van der Waals surface area contributed by atoms with Crippen molar-refractivity contribution in [3.8, 4) is 11.3 Å². The zero-order valence-corrected chi connectivity index (χ0v) is 10.7. The Morgan fingerprint density at radius 1 is 1.29 bits per heavy atom. The molecule has 0 bridgehead atoms. The van der Waals surface area contributed by atoms with E-state index in [1.807, 2.05) is 6.07 Å². The third kappa shape index (κ3) is 2.51. The third-order valence-corrected chi connectivity index (χ3v) is 3.11. The summed E-state index contributed by atoms with van der Waals surface area (Å²) in [5.74, 6) is 0.714. The van der Waals surface area contributed by atoms with Crippen molar-refractivity contribution in [3.63, 3.8) is 0 Å². The molecule has 0 amide bonds. The molecular weight excluding hydrogens is 236 g/mol. The number of hydrogen-bond acceptors (Lipinski definition) is 2. The van der Waals surface area contributed by atoms with Gasteiger partial charge < -0.3 is 10.1 Å². The van der Waals surface area contributed by atoms with E-state index in [9.17, 15) is 0 Å². The first kappa shape index (κ1) is 12.1. The van der Waals surface area contributed by atoms with Gasteiger partial charge in [-0.1, -0.05) is 23.7 Å². The maximum absolute atomic E-state index is 8.87. The molecule has 0 aliphatic rings. The smallest absolute Gasteiger partial charge is 0.134 e. The van der Waals surface area contributed by atoms with E-state index in [0.29, 0.717) is 17.4 Å². The van der Waals surface area contributed by atoms with Gasteiger partial charge in [-0.2, -0.15) is 0 Å². The van der Waals surface area contributed by atoms with Gasteiger partial charge in [-0.15, -0.1) is 0 Å². The molecule has 0 saturated heterocycles. The lowest BCUT2D eigenvalue weighted by atomic mass is 10.0. The van der Waals surface area contributed by atoms with Crippen LogP contribution in [0.3, 0.4) is 0 Å². The molecule has 0 fully saturated rings. The van der Waals surface area contributed by atoms with Crippen molar-refractivity contribution in [2.24, 2.45) is 0 Å². The first-order valence-electron chi connectivity index (χ1n) is 5.54. The number of nitrogens with one attached hydrogen (secondary N) is 1. The molecule has 1 heterocycles. The average molecular weight is 251 g/mol. The first-order valence-corrected chi connectivity index (χ1v) is 5.92. The van der Waals surface area contributed by atoms with Gasteiger partial charge in [0.15, 0.2) is 0 Å². The van der Waals surface area contributed by atoms with Crippen molar-refractivity contribution in [2.75, 3.05) is 6.61 Å². The van der Waals surface area contributed by atoms with E-state index in [1.54, 1.807) is 0 Å². The monoisotopic (exact) mass is 250 g/mol. The summed E-state index contributed by atoms with van der Waals surface area (Å²) in [5.41, 5.74) is 4.21. The molecule has 3 nitrogen and oxygen atoms in total. The van der Waals surface area contributed by atoms with Gasteiger partial charge in [-0.3, -0.25) is 0 Å². The number of halogens is 1. The largest absolute Gasteiger partial charge is 0.396 e. The molecule has 2 aromatic rings. The predicted molar refractivity (Wildman–Crippen MR) is 69.3 cm³/mol. The zero-order valence-electron chi connectivity index (χ0n) is 9.92. The van der Waals surface area contributed by atoms with E-state index < -0.39 is 0 Å². The highest BCUT2D eigenvalue weighted by atomic mass is 35.5. The molecule has 1 aromatic heterocycles. The van der Waals surface area contributed by atoms with Crippen LogP contribution in [0.2, 0.25) is 5.15 Å². The summed E-state index contributed by atoms with van der Waals surface area (Å²) in [7, 11) is 0. The minimum absolute atomic E-state index is 0.0657. The highest BCUT2D eigenvalue weighted by Gasteiger charge is 2.10. The molecular formula is C13H15ClN2O. The molecule has 4 heteroatoms. The Morgan fingerprint density at radius 2 is 2.06 bits per heavy atom. The van der Waals surface area contributed by atoms with Gasteiger partial charge in [0.2, 0.25) is 0 Å². The van der Waals surface area contributed by atoms with Gasteiger partial charge in [-0.25, -0.2) is 4.98 Å². The van der Waals surface area contributed by atoms with E-state index in [4.69, 9.17) is 16.7 Å². The maximum atomic E-state index is 8.87. The van der Waals surface area contributed by atoms with Crippen LogP contribution in [0.4, 0.5) is 0 Å². The average Bonchev–Trinajstić information content (AvgIpc) is 2.64. The lowest BCUT2D eigenvalue weighted by Crippen LogP contribution is -1.92. The standard InChI is InChI=1S/C13H15ClN2O/c1-8-3-4-10(7-9(8)2)12-13(14)16-11(15-12)5-6-17/h3-4,7,17H,5-6H2,1-2H3,(H,15,16). The maximum Gasteiger partial charge on any atom is 0.134 e. The molecule has 0 saturated carbocycles. The number of aliphatic hydroxyl groups excluding tert-OH is 1. The van der Waals surface area contributed by atoms with E-state index in [0.717, 1.165) is 11.3 Å². The topological polar surface area (TPSA) is 48.9 Å². The number of aromatic nitrogens is 2. The van der Waals surface area contributed by atoms with Crippen molar-refractivity contribution in [1.82, 2.24) is 9.97 Å². The first-order chi connectivity index (χ1) is 8.11. The number of imidazole rings is 1. The second-order valence-corrected chi connectivity index (χ2v) is 4.50. The third-order valence-electron chi connectivity index (χ3n) is 2.84. The fourth-order valence-corrected chi connectivity index (χ4v) is 1.96. The van der Waals surface area contributed by atoms with Crippen LogP contribution in [0.5, 0.6) is 0 Å². The molecule has 17 heavy (non-hydrogen) atoms. The van der Waals surface area contributed by atoms with Gasteiger partial charge >= 0.3 is 0 Å². The van der Waals surface area contributed by atoms with Crippen molar-refractivity contribution in [2.45, 2.75) is 20.3 Å². The number of aromatic amines is 1. The van der Waals surface area contributed by atoms with E-state index in [1.165, 1.54) is 11.1 Å². The molecule has 2 N–H and O–H groups in total. The zero-order chi connectivity index (χ0) is 12.4. The molecule has 0 aliphatic carbocycles. The predicted octanol–water partition coefficient (Wildman–Crippen LogP) is 2.88. The normalized spacial score (nSPS) is 10.8. The quantitative estimate of drug-likeness (QED) is 0.880. The molecule has 0 atom stereocenters. The number of rotatable bonds is 3. The van der Waals surface area contributed by atoms with Crippen LogP contribution in [0.1, 0.15) is 17.0 Å². The summed E-state index contributed by atoms with van der Waals surface area (Å²) in [6, 6.07) is 6.13. The second kappa shape index (κ2) is 4.90. The van der Waals surface area contributed by atoms with Gasteiger partial charge in [0.1, 0.15) is 16.7 Å². The minimum atomic E-state index is 0.0657. The summed E-state index contributed by atoms with van der Waals surface area (Å²) in [4.78, 5) is 7.37. The van der Waals surface area contributed by atoms with E-state index in [2.05, 4.69) is 35.9 Å². The Balaban J connectivity index is 2.41. The molecule has 1 aromatic carbocycles. The van der Waals surface area contributed by atoms with Crippen molar-refractivity contribution >= 4 is 11.6 Å². The summed E-state index contributed by atoms with van der Waals surface area (Å²) in [6.45, 7) is 4.20. The van der Waals surface area contributed by atoms with Crippen molar-refractivity contribution in [3.05, 3.63) is 40.3 Å². The molecule has 2 rings (SSSR count). The number of nitrogens with zero attached hydrogens (tertiary/aromatic N) is 1. The number of aryl methyl sites for hydroxylation is 2. The molecule has 0 aliphatic heterocycles. The molecule has 0 unspecified atom stereocenters. The molecule has 90 valence electrons.